The van der Waals surface area contributed by atoms with E-state index in [2.05, 4.69) is 12.6 Å². The van der Waals surface area contributed by atoms with Gasteiger partial charge in [-0.05, 0) is 57.8 Å². The zero-order chi connectivity index (χ0) is 17.4. The fourth-order valence-electron chi connectivity index (χ4n) is 2.30. The minimum absolute atomic E-state index is 0.0618. The Morgan fingerprint density at radius 1 is 1.26 bits per heavy atom. The number of Topliss-reactive ketones (excluding diaryl/α,β-unsaturated/α-hetero) is 1. The van der Waals surface area contributed by atoms with Crippen molar-refractivity contribution in [1.82, 2.24) is 0 Å². The van der Waals surface area contributed by atoms with E-state index in [1.807, 2.05) is 39.8 Å². The average molecular weight is 353 g/mol. The molecule has 1 heterocycles. The van der Waals surface area contributed by atoms with Gasteiger partial charge in [0, 0.05) is 11.3 Å². The second-order valence-electron chi connectivity index (χ2n) is 6.76. The first-order valence-electron chi connectivity index (χ1n) is 7.55. The van der Waals surface area contributed by atoms with E-state index >= 15 is 0 Å². The van der Waals surface area contributed by atoms with Crippen LogP contribution in [0.15, 0.2) is 23.7 Å². The van der Waals surface area contributed by atoms with Gasteiger partial charge in [0.25, 0.3) is 0 Å². The molecule has 0 saturated carbocycles. The normalized spacial score (nSPS) is 20.0. The van der Waals surface area contributed by atoms with Crippen molar-refractivity contribution in [2.24, 2.45) is 0 Å². The van der Waals surface area contributed by atoms with Crippen LogP contribution in [0.5, 0.6) is 0 Å². The number of ketones is 1. The molecule has 124 valence electrons. The van der Waals surface area contributed by atoms with E-state index in [1.165, 1.54) is 6.92 Å². The number of rotatable bonds is 4. The fourth-order valence-corrected chi connectivity index (χ4v) is 2.79. The standard InChI is InChI=1S/C17H22BClO3S/c1-11(20)14-9-12(6-7-15(14)19)8-13(10-23)18-21-16(2,3)17(4,5)22-18/h6-9,23H,10H2,1-5H3. The van der Waals surface area contributed by atoms with Crippen LogP contribution in [0.3, 0.4) is 0 Å². The topological polar surface area (TPSA) is 35.5 Å². The fraction of sp³-hybridized carbons (Fsp3) is 0.471. The molecular formula is C17H22BClO3S. The summed E-state index contributed by atoms with van der Waals surface area (Å²) in [6.45, 7) is 9.56. The minimum atomic E-state index is -0.450. The molecule has 1 aromatic rings. The van der Waals surface area contributed by atoms with E-state index in [-0.39, 0.29) is 5.78 Å². The molecule has 1 aliphatic rings. The van der Waals surface area contributed by atoms with Gasteiger partial charge in [-0.15, -0.1) is 0 Å². The molecule has 1 fully saturated rings. The molecule has 0 aliphatic carbocycles. The summed E-state index contributed by atoms with van der Waals surface area (Å²) in [5.41, 5.74) is 1.49. The second-order valence-corrected chi connectivity index (χ2v) is 7.48. The van der Waals surface area contributed by atoms with Gasteiger partial charge in [0.1, 0.15) is 0 Å². The quantitative estimate of drug-likeness (QED) is 0.493. The molecule has 1 saturated heterocycles. The molecule has 0 unspecified atom stereocenters. The van der Waals surface area contributed by atoms with Gasteiger partial charge in [0.05, 0.1) is 16.2 Å². The highest BCUT2D eigenvalue weighted by molar-refractivity contribution is 7.80. The summed E-state index contributed by atoms with van der Waals surface area (Å²) in [6.07, 6.45) is 1.94. The third-order valence-corrected chi connectivity index (χ3v) is 5.16. The van der Waals surface area contributed by atoms with Crippen molar-refractivity contribution < 1.29 is 14.1 Å². The van der Waals surface area contributed by atoms with Gasteiger partial charge in [-0.2, -0.15) is 12.6 Å². The number of carbonyl (C=O) groups excluding carboxylic acids is 1. The summed E-state index contributed by atoms with van der Waals surface area (Å²) < 4.78 is 12.1. The summed E-state index contributed by atoms with van der Waals surface area (Å²) in [5, 5.41) is 0.456. The van der Waals surface area contributed by atoms with Crippen molar-refractivity contribution in [3.8, 4) is 0 Å². The van der Waals surface area contributed by atoms with Gasteiger partial charge in [-0.25, -0.2) is 0 Å². The molecule has 2 rings (SSSR count). The molecule has 0 radical (unpaired) electrons. The lowest BCUT2D eigenvalue weighted by Crippen LogP contribution is -2.41. The monoisotopic (exact) mass is 352 g/mol. The Labute approximate surface area is 148 Å². The zero-order valence-electron chi connectivity index (χ0n) is 14.1. The van der Waals surface area contributed by atoms with E-state index in [1.54, 1.807) is 12.1 Å². The maximum absolute atomic E-state index is 11.6. The summed E-state index contributed by atoms with van der Waals surface area (Å²) in [5.74, 6) is 0.433. The molecule has 0 N–H and O–H groups in total. The lowest BCUT2D eigenvalue weighted by molar-refractivity contribution is 0.00578. The number of carbonyl (C=O) groups is 1. The lowest BCUT2D eigenvalue weighted by atomic mass is 9.78. The molecule has 6 heteroatoms. The first kappa shape index (κ1) is 18.6. The van der Waals surface area contributed by atoms with E-state index in [0.717, 1.165) is 11.0 Å². The van der Waals surface area contributed by atoms with Crippen LogP contribution in [0.25, 0.3) is 6.08 Å². The van der Waals surface area contributed by atoms with E-state index in [0.29, 0.717) is 16.3 Å². The largest absolute Gasteiger partial charge is 0.491 e. The van der Waals surface area contributed by atoms with Crippen molar-refractivity contribution in [3.63, 3.8) is 0 Å². The van der Waals surface area contributed by atoms with Gasteiger partial charge in [0.15, 0.2) is 5.78 Å². The maximum atomic E-state index is 11.6. The zero-order valence-corrected chi connectivity index (χ0v) is 15.8. The summed E-state index contributed by atoms with van der Waals surface area (Å²) >= 11 is 10.5. The third-order valence-electron chi connectivity index (χ3n) is 4.46. The summed E-state index contributed by atoms with van der Waals surface area (Å²) in [6, 6.07) is 5.37. The average Bonchev–Trinajstić information content (AvgIpc) is 2.66. The summed E-state index contributed by atoms with van der Waals surface area (Å²) in [4.78, 5) is 11.6. The van der Waals surface area contributed by atoms with Crippen LogP contribution in [0.4, 0.5) is 0 Å². The second kappa shape index (κ2) is 6.63. The molecule has 1 aromatic carbocycles. The van der Waals surface area contributed by atoms with Crippen molar-refractivity contribution in [3.05, 3.63) is 39.8 Å². The van der Waals surface area contributed by atoms with Gasteiger partial charge < -0.3 is 9.31 Å². The maximum Gasteiger partial charge on any atom is 0.491 e. The Morgan fingerprint density at radius 3 is 2.30 bits per heavy atom. The molecule has 0 aromatic heterocycles. The highest BCUT2D eigenvalue weighted by Crippen LogP contribution is 2.39. The van der Waals surface area contributed by atoms with E-state index in [4.69, 9.17) is 20.9 Å². The Balaban J connectivity index is 2.34. The Hall–Kier alpha value is -0.745. The molecule has 0 bridgehead atoms. The van der Waals surface area contributed by atoms with Gasteiger partial charge in [0.2, 0.25) is 0 Å². The Kier molecular flexibility index (Phi) is 5.36. The van der Waals surface area contributed by atoms with Crippen LogP contribution in [-0.2, 0) is 9.31 Å². The summed E-state index contributed by atoms with van der Waals surface area (Å²) in [7, 11) is -0.450. The smallest absolute Gasteiger partial charge is 0.400 e. The number of halogens is 1. The lowest BCUT2D eigenvalue weighted by Gasteiger charge is -2.32. The molecule has 0 amide bonds. The molecule has 0 atom stereocenters. The third kappa shape index (κ3) is 3.85. The van der Waals surface area contributed by atoms with Crippen LogP contribution in [-0.4, -0.2) is 29.9 Å². The number of benzene rings is 1. The minimum Gasteiger partial charge on any atom is -0.400 e. The van der Waals surface area contributed by atoms with Gasteiger partial charge in [-0.1, -0.05) is 23.7 Å². The first-order valence-corrected chi connectivity index (χ1v) is 8.56. The van der Waals surface area contributed by atoms with Crippen LogP contribution in [0, 0.1) is 0 Å². The predicted molar refractivity (Wildman–Crippen MR) is 99.4 cm³/mol. The SMILES string of the molecule is CC(=O)c1cc(C=C(CS)B2OC(C)(C)C(C)(C)O2)ccc1Cl. The molecule has 23 heavy (non-hydrogen) atoms. The van der Waals surface area contributed by atoms with Crippen LogP contribution < -0.4 is 0 Å². The first-order chi connectivity index (χ1) is 10.6. The van der Waals surface area contributed by atoms with Gasteiger partial charge in [-0.3, -0.25) is 4.79 Å². The highest BCUT2D eigenvalue weighted by atomic mass is 35.5. The Morgan fingerprint density at radius 2 is 1.83 bits per heavy atom. The molecular weight excluding hydrogens is 331 g/mol. The van der Waals surface area contributed by atoms with E-state index in [9.17, 15) is 4.79 Å². The van der Waals surface area contributed by atoms with Gasteiger partial charge >= 0.3 is 7.12 Å². The number of thiol groups is 1. The van der Waals surface area contributed by atoms with Crippen molar-refractivity contribution >= 4 is 43.2 Å². The number of hydrogen-bond donors (Lipinski definition) is 1. The van der Waals surface area contributed by atoms with Crippen LogP contribution in [0.1, 0.15) is 50.5 Å². The predicted octanol–water partition coefficient (Wildman–Crippen LogP) is 4.49. The molecule has 0 spiro atoms. The molecule has 3 nitrogen and oxygen atoms in total. The van der Waals surface area contributed by atoms with Crippen molar-refractivity contribution in [2.45, 2.75) is 45.8 Å². The highest BCUT2D eigenvalue weighted by Gasteiger charge is 2.52. The van der Waals surface area contributed by atoms with Crippen molar-refractivity contribution in [2.75, 3.05) is 5.75 Å². The van der Waals surface area contributed by atoms with Crippen LogP contribution in [0.2, 0.25) is 5.02 Å². The molecule has 1 aliphatic heterocycles. The Bertz CT molecular complexity index is 639. The number of hydrogen-bond acceptors (Lipinski definition) is 4. The van der Waals surface area contributed by atoms with Crippen molar-refractivity contribution in [1.29, 1.82) is 0 Å². The van der Waals surface area contributed by atoms with Crippen LogP contribution >= 0.6 is 24.2 Å². The van der Waals surface area contributed by atoms with E-state index < -0.39 is 18.3 Å².